The van der Waals surface area contributed by atoms with Crippen LogP contribution in [0.4, 0.5) is 5.13 Å². The zero-order chi connectivity index (χ0) is 30.3. The second-order valence-corrected chi connectivity index (χ2v) is 13.7. The van der Waals surface area contributed by atoms with Crippen molar-refractivity contribution in [2.75, 3.05) is 18.1 Å². The van der Waals surface area contributed by atoms with E-state index in [-0.39, 0.29) is 16.7 Å². The molecule has 6 rings (SSSR count). The Morgan fingerprint density at radius 2 is 1.67 bits per heavy atom. The molecule has 10 heteroatoms. The molecule has 3 aromatic carbocycles. The first-order valence-corrected chi connectivity index (χ1v) is 15.7. The van der Waals surface area contributed by atoms with Gasteiger partial charge in [-0.15, -0.1) is 10.2 Å². The molecule has 1 N–H and O–H groups in total. The van der Waals surface area contributed by atoms with Crippen LogP contribution in [-0.2, 0) is 20.8 Å². The summed E-state index contributed by atoms with van der Waals surface area (Å²) in [4.78, 5) is 28.6. The number of aromatic nitrogens is 2. The minimum absolute atomic E-state index is 0.0192. The number of fused-ring (bicyclic) bond motifs is 1. The van der Waals surface area contributed by atoms with E-state index in [9.17, 15) is 14.7 Å². The highest BCUT2D eigenvalue weighted by atomic mass is 32.2. The van der Waals surface area contributed by atoms with Gasteiger partial charge in [0.25, 0.3) is 5.78 Å². The third-order valence-electron chi connectivity index (χ3n) is 7.44. The molecule has 0 aliphatic carbocycles. The molecule has 1 amide bonds. The van der Waals surface area contributed by atoms with Crippen LogP contribution in [0.2, 0.25) is 0 Å². The molecule has 4 aromatic rings. The molecule has 2 aliphatic rings. The molecular formula is C33H31N3O5S2. The van der Waals surface area contributed by atoms with Gasteiger partial charge in [0.2, 0.25) is 5.13 Å². The van der Waals surface area contributed by atoms with E-state index in [1.54, 1.807) is 18.2 Å². The monoisotopic (exact) mass is 613 g/mol. The molecule has 0 spiro atoms. The van der Waals surface area contributed by atoms with Gasteiger partial charge < -0.3 is 14.6 Å². The number of hydrogen-bond donors (Lipinski definition) is 1. The van der Waals surface area contributed by atoms with Crippen LogP contribution in [0.3, 0.4) is 0 Å². The Labute approximate surface area is 258 Å². The first kappa shape index (κ1) is 28.9. The number of ketones is 1. The Kier molecular flexibility index (Phi) is 7.74. The molecular weight excluding hydrogens is 583 g/mol. The summed E-state index contributed by atoms with van der Waals surface area (Å²) in [6.45, 7) is 9.21. The summed E-state index contributed by atoms with van der Waals surface area (Å²) in [5.41, 5.74) is 4.36. The van der Waals surface area contributed by atoms with Crippen LogP contribution >= 0.6 is 23.1 Å². The van der Waals surface area contributed by atoms with Crippen molar-refractivity contribution in [2.24, 2.45) is 0 Å². The molecule has 0 radical (unpaired) electrons. The Balaban J connectivity index is 1.40. The highest BCUT2D eigenvalue weighted by Gasteiger charge is 2.48. The van der Waals surface area contributed by atoms with E-state index < -0.39 is 17.7 Å². The maximum atomic E-state index is 13.6. The van der Waals surface area contributed by atoms with Crippen LogP contribution < -0.4 is 14.4 Å². The molecule has 2 aliphatic heterocycles. The number of benzene rings is 3. The predicted molar refractivity (Wildman–Crippen MR) is 168 cm³/mol. The number of thioether (sulfide) groups is 1. The zero-order valence-electron chi connectivity index (χ0n) is 24.3. The van der Waals surface area contributed by atoms with Crippen molar-refractivity contribution in [3.05, 3.63) is 100 Å². The number of amides is 1. The van der Waals surface area contributed by atoms with E-state index in [4.69, 9.17) is 9.47 Å². The average Bonchev–Trinajstić information content (AvgIpc) is 3.57. The van der Waals surface area contributed by atoms with Crippen molar-refractivity contribution in [1.29, 1.82) is 0 Å². The zero-order valence-corrected chi connectivity index (χ0v) is 25.9. The fourth-order valence-corrected chi connectivity index (χ4v) is 6.87. The summed E-state index contributed by atoms with van der Waals surface area (Å²) in [6.07, 6.45) is 0. The van der Waals surface area contributed by atoms with Gasteiger partial charge >= 0.3 is 5.91 Å². The number of aliphatic hydroxyl groups is 1. The van der Waals surface area contributed by atoms with Gasteiger partial charge in [0.05, 0.1) is 11.6 Å². The van der Waals surface area contributed by atoms with Crippen LogP contribution in [0.1, 0.15) is 54.6 Å². The largest absolute Gasteiger partial charge is 0.507 e. The van der Waals surface area contributed by atoms with Gasteiger partial charge in [0.1, 0.15) is 19.0 Å². The van der Waals surface area contributed by atoms with Crippen LogP contribution in [-0.4, -0.2) is 40.2 Å². The number of rotatable bonds is 6. The number of Topliss-reactive ketones (excluding diaryl/α,β-unsaturated/α-hetero) is 1. The minimum Gasteiger partial charge on any atom is -0.507 e. The highest BCUT2D eigenvalue weighted by Crippen LogP contribution is 2.45. The minimum atomic E-state index is -0.898. The maximum absolute atomic E-state index is 13.6. The molecule has 1 unspecified atom stereocenters. The Morgan fingerprint density at radius 3 is 2.37 bits per heavy atom. The fraction of sp³-hybridized carbons (Fsp3) is 0.273. The third-order valence-corrected chi connectivity index (χ3v) is 9.56. The standard InChI is InChI=1S/C33H31N3O5S2/c1-19-5-7-20(8-6-19)18-42-32-35-34-31(43-32)36-27(21-9-12-23(13-10-21)33(2,3)4)26(29(38)30(36)39)28(37)22-11-14-24-25(17-22)41-16-15-40-24/h5-14,17,27,37H,15-16,18H2,1-4H3/b28-26+. The lowest BCUT2D eigenvalue weighted by Gasteiger charge is -2.24. The normalized spacial score (nSPS) is 17.9. The molecule has 220 valence electrons. The highest BCUT2D eigenvalue weighted by molar-refractivity contribution is 8.00. The quantitative estimate of drug-likeness (QED) is 0.0830. The molecule has 1 fully saturated rings. The first-order valence-electron chi connectivity index (χ1n) is 13.9. The molecule has 0 bridgehead atoms. The van der Waals surface area contributed by atoms with Crippen molar-refractivity contribution < 1.29 is 24.2 Å². The molecule has 1 saturated heterocycles. The molecule has 1 atom stereocenters. The van der Waals surface area contributed by atoms with Crippen molar-refractivity contribution in [3.8, 4) is 11.5 Å². The predicted octanol–water partition coefficient (Wildman–Crippen LogP) is 6.83. The second kappa shape index (κ2) is 11.5. The summed E-state index contributed by atoms with van der Waals surface area (Å²) < 4.78 is 12.0. The van der Waals surface area contributed by atoms with Gasteiger partial charge in [-0.05, 0) is 47.2 Å². The van der Waals surface area contributed by atoms with E-state index >= 15 is 0 Å². The maximum Gasteiger partial charge on any atom is 0.301 e. The van der Waals surface area contributed by atoms with E-state index in [0.29, 0.717) is 51.1 Å². The number of carbonyl (C=O) groups is 2. The Bertz CT molecular complexity index is 1720. The van der Waals surface area contributed by atoms with Crippen molar-refractivity contribution in [2.45, 2.75) is 49.2 Å². The number of ether oxygens (including phenoxy) is 2. The van der Waals surface area contributed by atoms with Gasteiger partial charge in [-0.25, -0.2) is 0 Å². The molecule has 8 nitrogen and oxygen atoms in total. The smallest absolute Gasteiger partial charge is 0.301 e. The number of hydrogen-bond acceptors (Lipinski definition) is 9. The number of anilines is 1. The molecule has 1 aromatic heterocycles. The average molecular weight is 614 g/mol. The van der Waals surface area contributed by atoms with Crippen molar-refractivity contribution in [3.63, 3.8) is 0 Å². The number of carbonyl (C=O) groups excluding carboxylic acids is 2. The Morgan fingerprint density at radius 1 is 0.977 bits per heavy atom. The van der Waals surface area contributed by atoms with Gasteiger partial charge in [0, 0.05) is 11.3 Å². The van der Waals surface area contributed by atoms with Gasteiger partial charge in [0.15, 0.2) is 15.8 Å². The number of aliphatic hydroxyl groups excluding tert-OH is 1. The van der Waals surface area contributed by atoms with E-state index in [0.717, 1.165) is 11.1 Å². The van der Waals surface area contributed by atoms with Crippen LogP contribution in [0, 0.1) is 6.92 Å². The SMILES string of the molecule is Cc1ccc(CSc2nnc(N3C(=O)C(=O)/C(=C(/O)c4ccc5c(c4)OCCO5)C3c3ccc(C(C)(C)C)cc3)s2)cc1. The van der Waals surface area contributed by atoms with Gasteiger partial charge in [-0.1, -0.05) is 98.0 Å². The van der Waals surface area contributed by atoms with Crippen LogP contribution in [0.5, 0.6) is 11.5 Å². The molecule has 43 heavy (non-hydrogen) atoms. The van der Waals surface area contributed by atoms with E-state index in [2.05, 4.69) is 55.2 Å². The lowest BCUT2D eigenvalue weighted by molar-refractivity contribution is -0.132. The van der Waals surface area contributed by atoms with E-state index in [1.165, 1.54) is 33.6 Å². The van der Waals surface area contributed by atoms with Gasteiger partial charge in [-0.3, -0.25) is 14.5 Å². The fourth-order valence-electron chi connectivity index (χ4n) is 5.04. The lowest BCUT2D eigenvalue weighted by Crippen LogP contribution is -2.29. The van der Waals surface area contributed by atoms with Crippen molar-refractivity contribution in [1.82, 2.24) is 10.2 Å². The van der Waals surface area contributed by atoms with Crippen LogP contribution in [0.15, 0.2) is 76.6 Å². The summed E-state index contributed by atoms with van der Waals surface area (Å²) in [5, 5.41) is 20.5. The number of nitrogens with zero attached hydrogens (tertiary/aromatic N) is 3. The molecule has 3 heterocycles. The van der Waals surface area contributed by atoms with Crippen LogP contribution in [0.25, 0.3) is 5.76 Å². The third kappa shape index (κ3) is 5.77. The lowest BCUT2D eigenvalue weighted by atomic mass is 9.85. The van der Waals surface area contributed by atoms with E-state index in [1.807, 2.05) is 31.2 Å². The topological polar surface area (TPSA) is 102 Å². The Hall–Kier alpha value is -4.15. The summed E-state index contributed by atoms with van der Waals surface area (Å²) >= 11 is 2.76. The first-order chi connectivity index (χ1) is 20.6. The second-order valence-electron chi connectivity index (χ2n) is 11.5. The molecule has 0 saturated carbocycles. The summed E-state index contributed by atoms with van der Waals surface area (Å²) in [5.74, 6) is -0.134. The van der Waals surface area contributed by atoms with Gasteiger partial charge in [-0.2, -0.15) is 0 Å². The van der Waals surface area contributed by atoms with Crippen molar-refractivity contribution >= 4 is 45.7 Å². The number of aryl methyl sites for hydroxylation is 1. The summed E-state index contributed by atoms with van der Waals surface area (Å²) in [6, 6.07) is 20.1. The summed E-state index contributed by atoms with van der Waals surface area (Å²) in [7, 11) is 0.